The molecule has 130 valence electrons. The summed E-state index contributed by atoms with van der Waals surface area (Å²) in [5.41, 5.74) is 2.02. The van der Waals surface area contributed by atoms with Gasteiger partial charge in [-0.3, -0.25) is 9.59 Å². The molecule has 0 saturated carbocycles. The molecule has 0 unspecified atom stereocenters. The van der Waals surface area contributed by atoms with Crippen LogP contribution in [0, 0.1) is 0 Å². The second-order valence-corrected chi connectivity index (χ2v) is 5.44. The van der Waals surface area contributed by atoms with E-state index in [0.717, 1.165) is 11.3 Å². The molecule has 0 fully saturated rings. The van der Waals surface area contributed by atoms with Gasteiger partial charge in [-0.25, -0.2) is 4.98 Å². The van der Waals surface area contributed by atoms with Crippen LogP contribution in [0.15, 0.2) is 67.0 Å². The zero-order valence-electron chi connectivity index (χ0n) is 14.1. The van der Waals surface area contributed by atoms with Crippen molar-refractivity contribution in [3.8, 4) is 5.75 Å². The van der Waals surface area contributed by atoms with Gasteiger partial charge in [0.05, 0.1) is 7.11 Å². The predicted molar refractivity (Wildman–Crippen MR) is 99.3 cm³/mol. The second kappa shape index (κ2) is 7.94. The number of amides is 1. The number of carbonyl (C=O) groups excluding carboxylic acids is 2. The van der Waals surface area contributed by atoms with Gasteiger partial charge in [-0.15, -0.1) is 0 Å². The summed E-state index contributed by atoms with van der Waals surface area (Å²) in [5, 5.41) is 2.82. The Labute approximate surface area is 150 Å². The SMILES string of the molecule is COc1ccc(NC(=O)c2ccc(/C=C/C(=O)c3ncc[nH]3)cc2)cc1. The van der Waals surface area contributed by atoms with Gasteiger partial charge in [-0.2, -0.15) is 0 Å². The lowest BCUT2D eigenvalue weighted by molar-refractivity contribution is 0.102. The van der Waals surface area contributed by atoms with E-state index in [9.17, 15) is 9.59 Å². The van der Waals surface area contributed by atoms with Gasteiger partial charge in [0, 0.05) is 23.6 Å². The Bertz CT molecular complexity index is 912. The molecule has 6 nitrogen and oxygen atoms in total. The fraction of sp³-hybridized carbons (Fsp3) is 0.0500. The number of ether oxygens (including phenoxy) is 1. The number of H-pyrrole nitrogens is 1. The van der Waals surface area contributed by atoms with E-state index in [4.69, 9.17) is 4.74 Å². The van der Waals surface area contributed by atoms with Gasteiger partial charge < -0.3 is 15.0 Å². The highest BCUT2D eigenvalue weighted by atomic mass is 16.5. The predicted octanol–water partition coefficient (Wildman–Crippen LogP) is 3.57. The van der Waals surface area contributed by atoms with E-state index in [1.165, 1.54) is 12.3 Å². The number of nitrogens with zero attached hydrogens (tertiary/aromatic N) is 1. The molecule has 0 atom stereocenters. The molecule has 0 radical (unpaired) electrons. The Morgan fingerprint density at radius 3 is 2.42 bits per heavy atom. The van der Waals surface area contributed by atoms with Crippen molar-refractivity contribution in [3.05, 3.63) is 84.0 Å². The largest absolute Gasteiger partial charge is 0.497 e. The zero-order valence-corrected chi connectivity index (χ0v) is 14.1. The highest BCUT2D eigenvalue weighted by Gasteiger charge is 2.06. The number of carbonyl (C=O) groups is 2. The minimum Gasteiger partial charge on any atom is -0.497 e. The first kappa shape index (κ1) is 17.2. The Balaban J connectivity index is 1.62. The average molecular weight is 347 g/mol. The van der Waals surface area contributed by atoms with Crippen molar-refractivity contribution < 1.29 is 14.3 Å². The molecular weight excluding hydrogens is 330 g/mol. The highest BCUT2D eigenvalue weighted by molar-refractivity contribution is 6.05. The average Bonchev–Trinajstić information content (AvgIpc) is 3.22. The number of nitrogens with one attached hydrogen (secondary N) is 2. The van der Waals surface area contributed by atoms with Crippen LogP contribution in [0.4, 0.5) is 5.69 Å². The van der Waals surface area contributed by atoms with E-state index in [1.807, 2.05) is 0 Å². The van der Waals surface area contributed by atoms with Crippen LogP contribution in [0.25, 0.3) is 6.08 Å². The Hall–Kier alpha value is -3.67. The van der Waals surface area contributed by atoms with Crippen LogP contribution >= 0.6 is 0 Å². The van der Waals surface area contributed by atoms with E-state index in [1.54, 1.807) is 67.9 Å². The molecule has 1 heterocycles. The van der Waals surface area contributed by atoms with E-state index < -0.39 is 0 Å². The summed E-state index contributed by atoms with van der Waals surface area (Å²) in [7, 11) is 1.59. The minimum atomic E-state index is -0.212. The van der Waals surface area contributed by atoms with Crippen molar-refractivity contribution in [1.29, 1.82) is 0 Å². The number of aromatic amines is 1. The van der Waals surface area contributed by atoms with Crippen LogP contribution in [0.3, 0.4) is 0 Å². The lowest BCUT2D eigenvalue weighted by Gasteiger charge is -2.06. The van der Waals surface area contributed by atoms with Crippen molar-refractivity contribution in [2.45, 2.75) is 0 Å². The molecule has 6 heteroatoms. The molecule has 3 rings (SSSR count). The molecule has 0 aliphatic carbocycles. The first-order valence-electron chi connectivity index (χ1n) is 7.93. The summed E-state index contributed by atoms with van der Waals surface area (Å²) in [6, 6.07) is 14.1. The normalized spacial score (nSPS) is 10.7. The number of imidazole rings is 1. The van der Waals surface area contributed by atoms with Crippen LogP contribution < -0.4 is 10.1 Å². The number of ketones is 1. The first-order chi connectivity index (χ1) is 12.7. The standard InChI is InChI=1S/C20H17N3O3/c1-26-17-9-7-16(8-10-17)23-20(25)15-5-2-14(3-6-15)4-11-18(24)19-21-12-13-22-19/h2-13H,1H3,(H,21,22)(H,23,25)/b11-4+. The van der Waals surface area contributed by atoms with Gasteiger partial charge in [0.15, 0.2) is 5.82 Å². The zero-order chi connectivity index (χ0) is 18.4. The highest BCUT2D eigenvalue weighted by Crippen LogP contribution is 2.16. The fourth-order valence-electron chi connectivity index (χ4n) is 2.27. The number of aromatic nitrogens is 2. The Morgan fingerprint density at radius 2 is 1.81 bits per heavy atom. The number of rotatable bonds is 6. The minimum absolute atomic E-state index is 0.211. The molecule has 0 saturated heterocycles. The number of allylic oxidation sites excluding steroid dienone is 1. The van der Waals surface area contributed by atoms with Gasteiger partial charge in [0.25, 0.3) is 5.91 Å². The van der Waals surface area contributed by atoms with Crippen LogP contribution in [0.5, 0.6) is 5.75 Å². The number of benzene rings is 2. The molecule has 26 heavy (non-hydrogen) atoms. The molecule has 3 aromatic rings. The third-order valence-electron chi connectivity index (χ3n) is 3.68. The van der Waals surface area contributed by atoms with E-state index in [0.29, 0.717) is 11.3 Å². The van der Waals surface area contributed by atoms with Crippen LogP contribution in [-0.4, -0.2) is 28.8 Å². The number of hydrogen-bond acceptors (Lipinski definition) is 4. The smallest absolute Gasteiger partial charge is 0.255 e. The maximum atomic E-state index is 12.3. The molecule has 0 aliphatic heterocycles. The summed E-state index contributed by atoms with van der Waals surface area (Å²) in [4.78, 5) is 30.8. The molecule has 0 bridgehead atoms. The third kappa shape index (κ3) is 4.24. The van der Waals surface area contributed by atoms with Crippen molar-refractivity contribution >= 4 is 23.5 Å². The van der Waals surface area contributed by atoms with Crippen LogP contribution in [0.2, 0.25) is 0 Å². The Kier molecular flexibility index (Phi) is 5.24. The van der Waals surface area contributed by atoms with Crippen molar-refractivity contribution in [3.63, 3.8) is 0 Å². The maximum Gasteiger partial charge on any atom is 0.255 e. The van der Waals surface area contributed by atoms with Crippen LogP contribution in [0.1, 0.15) is 26.5 Å². The molecular formula is C20H17N3O3. The number of methoxy groups -OCH3 is 1. The van der Waals surface area contributed by atoms with E-state index in [-0.39, 0.29) is 17.5 Å². The molecule has 0 aliphatic rings. The van der Waals surface area contributed by atoms with Gasteiger partial charge in [-0.1, -0.05) is 18.2 Å². The van der Waals surface area contributed by atoms with Gasteiger partial charge >= 0.3 is 0 Å². The third-order valence-corrected chi connectivity index (χ3v) is 3.68. The van der Waals surface area contributed by atoms with E-state index >= 15 is 0 Å². The molecule has 2 N–H and O–H groups in total. The van der Waals surface area contributed by atoms with Crippen LogP contribution in [-0.2, 0) is 0 Å². The summed E-state index contributed by atoms with van der Waals surface area (Å²) < 4.78 is 5.09. The van der Waals surface area contributed by atoms with Crippen molar-refractivity contribution in [2.75, 3.05) is 12.4 Å². The maximum absolute atomic E-state index is 12.3. The molecule has 2 aromatic carbocycles. The topological polar surface area (TPSA) is 84.1 Å². The summed E-state index contributed by atoms with van der Waals surface area (Å²) in [6.07, 6.45) is 6.23. The lowest BCUT2D eigenvalue weighted by atomic mass is 10.1. The number of hydrogen-bond donors (Lipinski definition) is 2. The molecule has 1 amide bonds. The Morgan fingerprint density at radius 1 is 1.08 bits per heavy atom. The fourth-order valence-corrected chi connectivity index (χ4v) is 2.27. The molecule has 0 spiro atoms. The van der Waals surface area contributed by atoms with Gasteiger partial charge in [-0.05, 0) is 48.0 Å². The monoisotopic (exact) mass is 347 g/mol. The number of anilines is 1. The first-order valence-corrected chi connectivity index (χ1v) is 7.93. The quantitative estimate of drug-likeness (QED) is 0.527. The summed E-state index contributed by atoms with van der Waals surface area (Å²) in [5.74, 6) is 0.591. The van der Waals surface area contributed by atoms with Crippen molar-refractivity contribution in [2.24, 2.45) is 0 Å². The molecule has 1 aromatic heterocycles. The van der Waals surface area contributed by atoms with E-state index in [2.05, 4.69) is 15.3 Å². The van der Waals surface area contributed by atoms with Gasteiger partial charge in [0.2, 0.25) is 5.78 Å². The van der Waals surface area contributed by atoms with Gasteiger partial charge in [0.1, 0.15) is 5.75 Å². The lowest BCUT2D eigenvalue weighted by Crippen LogP contribution is -2.11. The second-order valence-electron chi connectivity index (χ2n) is 5.44. The van der Waals surface area contributed by atoms with Crippen molar-refractivity contribution in [1.82, 2.24) is 9.97 Å². The summed E-state index contributed by atoms with van der Waals surface area (Å²) in [6.45, 7) is 0. The summed E-state index contributed by atoms with van der Waals surface area (Å²) >= 11 is 0.